The monoisotopic (exact) mass is 290 g/mol. The molecule has 0 unspecified atom stereocenters. The SMILES string of the molecule is COc1cc2c(cc1O)NC(=O)[C@]1(C)CC(O)=CN1C2=O. The number of anilines is 1. The van der Waals surface area contributed by atoms with Gasteiger partial charge in [0.15, 0.2) is 11.5 Å². The standard InChI is InChI=1S/C14H14N2O5/c1-14-5-7(17)6-16(14)12(19)8-3-11(21-2)10(18)4-9(8)15-13(14)20/h3-4,6,17-18H,5H2,1-2H3,(H,15,20)/t14-/m0/s1. The number of aliphatic hydroxyl groups is 1. The zero-order chi connectivity index (χ0) is 15.4. The van der Waals surface area contributed by atoms with Gasteiger partial charge in [0.05, 0.1) is 18.4 Å². The molecule has 7 nitrogen and oxygen atoms in total. The highest BCUT2D eigenvalue weighted by molar-refractivity contribution is 6.12. The maximum Gasteiger partial charge on any atom is 0.261 e. The Morgan fingerprint density at radius 1 is 1.33 bits per heavy atom. The Bertz CT molecular complexity index is 697. The Kier molecular flexibility index (Phi) is 2.62. The molecule has 2 amide bonds. The predicted octanol–water partition coefficient (Wildman–Crippen LogP) is 1.36. The number of amides is 2. The number of aliphatic hydroxyl groups excluding tert-OH is 1. The topological polar surface area (TPSA) is 99.1 Å². The second-order valence-corrected chi connectivity index (χ2v) is 5.27. The number of hydrogen-bond acceptors (Lipinski definition) is 5. The van der Waals surface area contributed by atoms with Gasteiger partial charge in [0.2, 0.25) is 0 Å². The van der Waals surface area contributed by atoms with Crippen LogP contribution in [0.2, 0.25) is 0 Å². The van der Waals surface area contributed by atoms with Crippen molar-refractivity contribution >= 4 is 17.5 Å². The van der Waals surface area contributed by atoms with Gasteiger partial charge in [-0.25, -0.2) is 0 Å². The highest BCUT2D eigenvalue weighted by Crippen LogP contribution is 2.40. The molecule has 2 aliphatic heterocycles. The van der Waals surface area contributed by atoms with Gasteiger partial charge in [0.25, 0.3) is 11.8 Å². The first-order chi connectivity index (χ1) is 9.86. The quantitative estimate of drug-likeness (QED) is 0.725. The Hall–Kier alpha value is -2.70. The third-order valence-corrected chi connectivity index (χ3v) is 3.84. The highest BCUT2D eigenvalue weighted by Gasteiger charge is 2.49. The zero-order valence-electron chi connectivity index (χ0n) is 11.5. The first-order valence-electron chi connectivity index (χ1n) is 6.32. The van der Waals surface area contributed by atoms with Crippen molar-refractivity contribution in [3.63, 3.8) is 0 Å². The van der Waals surface area contributed by atoms with E-state index in [1.807, 2.05) is 0 Å². The van der Waals surface area contributed by atoms with Crippen molar-refractivity contribution in [3.8, 4) is 11.5 Å². The molecule has 1 aromatic carbocycles. The van der Waals surface area contributed by atoms with Gasteiger partial charge in [-0.1, -0.05) is 0 Å². The van der Waals surface area contributed by atoms with Crippen LogP contribution in [0.15, 0.2) is 24.1 Å². The largest absolute Gasteiger partial charge is 0.511 e. The van der Waals surface area contributed by atoms with Crippen molar-refractivity contribution in [1.29, 1.82) is 0 Å². The van der Waals surface area contributed by atoms with Crippen LogP contribution in [0.5, 0.6) is 11.5 Å². The number of fused-ring (bicyclic) bond motifs is 2. The number of carbonyl (C=O) groups excluding carboxylic acids is 2. The van der Waals surface area contributed by atoms with Crippen LogP contribution in [0.25, 0.3) is 0 Å². The third kappa shape index (κ3) is 1.74. The molecule has 1 atom stereocenters. The van der Waals surface area contributed by atoms with Crippen LogP contribution in [-0.2, 0) is 4.79 Å². The zero-order valence-corrected chi connectivity index (χ0v) is 11.5. The minimum Gasteiger partial charge on any atom is -0.511 e. The predicted molar refractivity (Wildman–Crippen MR) is 73.2 cm³/mol. The van der Waals surface area contributed by atoms with Crippen LogP contribution in [0.1, 0.15) is 23.7 Å². The average Bonchev–Trinajstić information content (AvgIpc) is 2.71. The van der Waals surface area contributed by atoms with E-state index in [-0.39, 0.29) is 34.9 Å². The van der Waals surface area contributed by atoms with E-state index in [1.165, 1.54) is 30.3 Å². The van der Waals surface area contributed by atoms with Crippen molar-refractivity contribution in [2.45, 2.75) is 18.9 Å². The van der Waals surface area contributed by atoms with E-state index in [0.717, 1.165) is 0 Å². The second kappa shape index (κ2) is 4.15. The average molecular weight is 290 g/mol. The molecule has 0 fully saturated rings. The molecule has 0 spiro atoms. The molecule has 2 heterocycles. The molecular formula is C14H14N2O5. The fraction of sp³-hybridized carbons (Fsp3) is 0.286. The van der Waals surface area contributed by atoms with Crippen molar-refractivity contribution < 1.29 is 24.5 Å². The van der Waals surface area contributed by atoms with Gasteiger partial charge in [0, 0.05) is 18.7 Å². The van der Waals surface area contributed by atoms with Crippen molar-refractivity contribution in [1.82, 2.24) is 4.90 Å². The Labute approximate surface area is 120 Å². The van der Waals surface area contributed by atoms with Gasteiger partial charge in [-0.15, -0.1) is 0 Å². The Morgan fingerprint density at radius 2 is 2.05 bits per heavy atom. The lowest BCUT2D eigenvalue weighted by atomic mass is 9.97. The maximum absolute atomic E-state index is 12.6. The number of nitrogens with one attached hydrogen (secondary N) is 1. The molecule has 7 heteroatoms. The van der Waals surface area contributed by atoms with Gasteiger partial charge in [0.1, 0.15) is 11.3 Å². The maximum atomic E-state index is 12.6. The summed E-state index contributed by atoms with van der Waals surface area (Å²) in [4.78, 5) is 26.2. The molecule has 0 bridgehead atoms. The summed E-state index contributed by atoms with van der Waals surface area (Å²) in [5.41, 5.74) is -0.789. The second-order valence-electron chi connectivity index (χ2n) is 5.27. The number of carbonyl (C=O) groups is 2. The van der Waals surface area contributed by atoms with E-state index < -0.39 is 17.4 Å². The lowest BCUT2D eigenvalue weighted by Gasteiger charge is -2.30. The number of ether oxygens (including phenoxy) is 1. The lowest BCUT2D eigenvalue weighted by molar-refractivity contribution is -0.124. The van der Waals surface area contributed by atoms with Gasteiger partial charge in [-0.2, -0.15) is 0 Å². The summed E-state index contributed by atoms with van der Waals surface area (Å²) in [6.07, 6.45) is 1.30. The van der Waals surface area contributed by atoms with Crippen LogP contribution in [0.3, 0.4) is 0 Å². The number of methoxy groups -OCH3 is 1. The van der Waals surface area contributed by atoms with Crippen LogP contribution >= 0.6 is 0 Å². The number of benzene rings is 1. The van der Waals surface area contributed by atoms with E-state index in [1.54, 1.807) is 6.92 Å². The summed E-state index contributed by atoms with van der Waals surface area (Å²) in [5, 5.41) is 22.1. The third-order valence-electron chi connectivity index (χ3n) is 3.84. The van der Waals surface area contributed by atoms with E-state index in [9.17, 15) is 19.8 Å². The fourth-order valence-electron chi connectivity index (χ4n) is 2.65. The number of hydrogen-bond donors (Lipinski definition) is 3. The normalized spacial score (nSPS) is 23.9. The van der Waals surface area contributed by atoms with Gasteiger partial charge >= 0.3 is 0 Å². The number of phenolic OH excluding ortho intramolecular Hbond substituents is 1. The molecule has 0 saturated carbocycles. The molecular weight excluding hydrogens is 276 g/mol. The smallest absolute Gasteiger partial charge is 0.261 e. The molecule has 0 aromatic heterocycles. The van der Waals surface area contributed by atoms with Gasteiger partial charge in [-0.3, -0.25) is 14.5 Å². The summed E-state index contributed by atoms with van der Waals surface area (Å²) in [5.74, 6) is -0.954. The molecule has 1 aromatic rings. The van der Waals surface area contributed by atoms with E-state index in [4.69, 9.17) is 4.74 Å². The lowest BCUT2D eigenvalue weighted by Crippen LogP contribution is -2.50. The van der Waals surface area contributed by atoms with Crippen molar-refractivity contribution in [3.05, 3.63) is 29.7 Å². The van der Waals surface area contributed by atoms with E-state index in [0.29, 0.717) is 0 Å². The molecule has 3 rings (SSSR count). The number of phenols is 1. The molecule has 0 saturated heterocycles. The Balaban J connectivity index is 2.19. The molecule has 21 heavy (non-hydrogen) atoms. The minimum absolute atomic E-state index is 0.0322. The van der Waals surface area contributed by atoms with Gasteiger partial charge < -0.3 is 20.3 Å². The van der Waals surface area contributed by atoms with E-state index in [2.05, 4.69) is 5.32 Å². The highest BCUT2D eigenvalue weighted by atomic mass is 16.5. The van der Waals surface area contributed by atoms with Crippen molar-refractivity contribution in [2.75, 3.05) is 12.4 Å². The van der Waals surface area contributed by atoms with Crippen molar-refractivity contribution in [2.24, 2.45) is 0 Å². The summed E-state index contributed by atoms with van der Waals surface area (Å²) in [6.45, 7) is 1.57. The molecule has 0 radical (unpaired) electrons. The van der Waals surface area contributed by atoms with Crippen LogP contribution < -0.4 is 10.1 Å². The van der Waals surface area contributed by atoms with Crippen LogP contribution in [-0.4, -0.2) is 39.6 Å². The molecule has 3 N–H and O–H groups in total. The molecule has 110 valence electrons. The summed E-state index contributed by atoms with van der Waals surface area (Å²) in [6, 6.07) is 2.64. The van der Waals surface area contributed by atoms with Crippen LogP contribution in [0.4, 0.5) is 5.69 Å². The molecule has 2 aliphatic rings. The van der Waals surface area contributed by atoms with Crippen LogP contribution in [0, 0.1) is 0 Å². The number of nitrogens with zero attached hydrogens (tertiary/aromatic N) is 1. The Morgan fingerprint density at radius 3 is 2.71 bits per heavy atom. The molecule has 0 aliphatic carbocycles. The van der Waals surface area contributed by atoms with Gasteiger partial charge in [-0.05, 0) is 13.0 Å². The number of rotatable bonds is 1. The number of aromatic hydroxyl groups is 1. The first-order valence-corrected chi connectivity index (χ1v) is 6.32. The first kappa shape index (κ1) is 13.3. The summed E-state index contributed by atoms with van der Waals surface area (Å²) in [7, 11) is 1.37. The summed E-state index contributed by atoms with van der Waals surface area (Å²) >= 11 is 0. The summed E-state index contributed by atoms with van der Waals surface area (Å²) < 4.78 is 4.99. The fourth-order valence-corrected chi connectivity index (χ4v) is 2.65. The van der Waals surface area contributed by atoms with E-state index >= 15 is 0 Å². The minimum atomic E-state index is -1.19.